The fraction of sp³-hybridized carbons (Fsp3) is 0.867. The zero-order chi connectivity index (χ0) is 15.6. The summed E-state index contributed by atoms with van der Waals surface area (Å²) in [5.41, 5.74) is 0. The number of halogens is 3. The average molecular weight is 305 g/mol. The van der Waals surface area contributed by atoms with Crippen LogP contribution in [0.4, 0.5) is 13.2 Å². The van der Waals surface area contributed by atoms with Gasteiger partial charge in [0.05, 0.1) is 5.92 Å². The Balaban J connectivity index is 2.11. The van der Waals surface area contributed by atoms with Gasteiger partial charge in [-0.3, -0.25) is 9.59 Å². The van der Waals surface area contributed by atoms with Gasteiger partial charge in [-0.2, -0.15) is 13.2 Å². The molecule has 3 nitrogen and oxygen atoms in total. The smallest absolute Gasteiger partial charge is 0.339 e. The molecule has 0 aromatic carbocycles. The summed E-state index contributed by atoms with van der Waals surface area (Å²) < 4.78 is 39.4. The molecule has 1 saturated heterocycles. The first kappa shape index (κ1) is 16.3. The molecule has 6 heteroatoms. The van der Waals surface area contributed by atoms with Crippen molar-refractivity contribution in [3.8, 4) is 0 Å². The Kier molecular flexibility index (Phi) is 4.94. The van der Waals surface area contributed by atoms with Crippen LogP contribution >= 0.6 is 0 Å². The molecule has 0 aromatic heterocycles. The van der Waals surface area contributed by atoms with E-state index in [2.05, 4.69) is 0 Å². The lowest BCUT2D eigenvalue weighted by Crippen LogP contribution is -2.46. The third-order valence-corrected chi connectivity index (χ3v) is 4.69. The zero-order valence-electron chi connectivity index (χ0n) is 12.3. The van der Waals surface area contributed by atoms with E-state index in [0.29, 0.717) is 32.2 Å². The summed E-state index contributed by atoms with van der Waals surface area (Å²) in [5.74, 6) is -2.87. The molecule has 120 valence electrons. The van der Waals surface area contributed by atoms with Gasteiger partial charge in [0.2, 0.25) is 5.91 Å². The first-order valence-electron chi connectivity index (χ1n) is 7.67. The van der Waals surface area contributed by atoms with Gasteiger partial charge in [-0.15, -0.1) is 0 Å². The van der Waals surface area contributed by atoms with Crippen LogP contribution in [0.25, 0.3) is 0 Å². The third-order valence-electron chi connectivity index (χ3n) is 4.69. The minimum Gasteiger partial charge on any atom is -0.339 e. The van der Waals surface area contributed by atoms with Crippen LogP contribution in [0.3, 0.4) is 0 Å². The van der Waals surface area contributed by atoms with Crippen LogP contribution in [0, 0.1) is 11.8 Å². The molecule has 1 heterocycles. The quantitative estimate of drug-likeness (QED) is 0.802. The summed E-state index contributed by atoms with van der Waals surface area (Å²) in [6.45, 7) is 1.94. The Morgan fingerprint density at radius 1 is 1.10 bits per heavy atom. The largest absolute Gasteiger partial charge is 0.392 e. The van der Waals surface area contributed by atoms with Crippen molar-refractivity contribution in [2.75, 3.05) is 6.54 Å². The predicted octanol–water partition coefficient (Wildman–Crippen LogP) is 3.33. The molecular formula is C15H22F3NO2. The van der Waals surface area contributed by atoms with E-state index < -0.39 is 18.0 Å². The van der Waals surface area contributed by atoms with E-state index in [9.17, 15) is 22.8 Å². The number of carbonyl (C=O) groups is 2. The van der Waals surface area contributed by atoms with Crippen molar-refractivity contribution < 1.29 is 22.8 Å². The van der Waals surface area contributed by atoms with E-state index in [1.54, 1.807) is 0 Å². The van der Waals surface area contributed by atoms with Gasteiger partial charge in [-0.25, -0.2) is 0 Å². The van der Waals surface area contributed by atoms with Gasteiger partial charge in [0.1, 0.15) is 5.78 Å². The van der Waals surface area contributed by atoms with Crippen molar-refractivity contribution in [3.05, 3.63) is 0 Å². The van der Waals surface area contributed by atoms with Crippen molar-refractivity contribution in [1.29, 1.82) is 0 Å². The molecule has 0 bridgehead atoms. The molecule has 1 amide bonds. The number of rotatable bonds is 3. The highest BCUT2D eigenvalue weighted by atomic mass is 19.4. The van der Waals surface area contributed by atoms with Crippen LogP contribution in [-0.4, -0.2) is 35.4 Å². The van der Waals surface area contributed by atoms with Gasteiger partial charge in [-0.1, -0.05) is 12.8 Å². The maximum Gasteiger partial charge on any atom is 0.392 e. The lowest BCUT2D eigenvalue weighted by molar-refractivity contribution is -0.201. The Morgan fingerprint density at radius 2 is 1.76 bits per heavy atom. The Morgan fingerprint density at radius 3 is 2.38 bits per heavy atom. The molecule has 3 atom stereocenters. The molecule has 1 aliphatic heterocycles. The van der Waals surface area contributed by atoms with E-state index in [4.69, 9.17) is 0 Å². The Labute approximate surface area is 122 Å². The summed E-state index contributed by atoms with van der Waals surface area (Å²) in [6.07, 6.45) is -0.996. The molecular weight excluding hydrogens is 283 g/mol. The number of carbonyl (C=O) groups excluding carboxylic acids is 2. The average Bonchev–Trinajstić information content (AvgIpc) is 2.84. The molecule has 0 N–H and O–H groups in total. The predicted molar refractivity (Wildman–Crippen MR) is 71.5 cm³/mol. The Bertz CT molecular complexity index is 408. The molecule has 1 saturated carbocycles. The number of amides is 1. The van der Waals surface area contributed by atoms with Crippen LogP contribution in [0.2, 0.25) is 0 Å². The van der Waals surface area contributed by atoms with E-state index in [-0.39, 0.29) is 30.6 Å². The molecule has 21 heavy (non-hydrogen) atoms. The highest BCUT2D eigenvalue weighted by Crippen LogP contribution is 2.43. The summed E-state index contributed by atoms with van der Waals surface area (Å²) in [5, 5.41) is 0. The maximum atomic E-state index is 13.1. The van der Waals surface area contributed by atoms with Gasteiger partial charge in [0.25, 0.3) is 0 Å². The van der Waals surface area contributed by atoms with Crippen LogP contribution < -0.4 is 0 Å². The topological polar surface area (TPSA) is 37.4 Å². The van der Waals surface area contributed by atoms with Crippen molar-refractivity contribution in [3.63, 3.8) is 0 Å². The van der Waals surface area contributed by atoms with E-state index in [1.807, 2.05) is 0 Å². The van der Waals surface area contributed by atoms with Gasteiger partial charge < -0.3 is 4.90 Å². The Hall–Kier alpha value is -1.07. The first-order chi connectivity index (χ1) is 9.80. The standard InChI is InChI=1S/C15H22F3NO2/c1-10(20)9-11-5-4-8-19(11)14(21)12-6-2-3-7-13(12)15(16,17)18/h11-13H,2-9H2,1H3. The van der Waals surface area contributed by atoms with E-state index in [1.165, 1.54) is 11.8 Å². The lowest BCUT2D eigenvalue weighted by atomic mass is 9.78. The molecule has 0 spiro atoms. The van der Waals surface area contributed by atoms with E-state index in [0.717, 1.165) is 6.42 Å². The fourth-order valence-electron chi connectivity index (χ4n) is 3.70. The molecule has 1 aliphatic carbocycles. The SMILES string of the molecule is CC(=O)CC1CCCN1C(=O)C1CCCCC1C(F)(F)F. The zero-order valence-corrected chi connectivity index (χ0v) is 12.3. The van der Waals surface area contributed by atoms with Crippen molar-refractivity contribution >= 4 is 11.7 Å². The van der Waals surface area contributed by atoms with Gasteiger partial charge in [0.15, 0.2) is 0 Å². The molecule has 0 radical (unpaired) electrons. The van der Waals surface area contributed by atoms with Crippen LogP contribution in [0.15, 0.2) is 0 Å². The number of alkyl halides is 3. The molecule has 2 aliphatic rings. The molecule has 3 unspecified atom stereocenters. The number of likely N-dealkylation sites (tertiary alicyclic amines) is 1. The summed E-state index contributed by atoms with van der Waals surface area (Å²) >= 11 is 0. The second-order valence-electron chi connectivity index (χ2n) is 6.27. The minimum absolute atomic E-state index is 0.0179. The van der Waals surface area contributed by atoms with Gasteiger partial charge in [0, 0.05) is 24.9 Å². The fourth-order valence-corrected chi connectivity index (χ4v) is 3.70. The van der Waals surface area contributed by atoms with Crippen molar-refractivity contribution in [1.82, 2.24) is 4.90 Å². The number of hydrogen-bond acceptors (Lipinski definition) is 2. The number of ketones is 1. The monoisotopic (exact) mass is 305 g/mol. The summed E-state index contributed by atoms with van der Waals surface area (Å²) in [6, 6.07) is -0.203. The third kappa shape index (κ3) is 3.77. The second-order valence-corrected chi connectivity index (χ2v) is 6.27. The number of Topliss-reactive ketones (excluding diaryl/α,β-unsaturated/α-hetero) is 1. The van der Waals surface area contributed by atoms with Crippen molar-refractivity contribution in [2.24, 2.45) is 11.8 Å². The molecule has 0 aromatic rings. The maximum absolute atomic E-state index is 13.1. The lowest BCUT2D eigenvalue weighted by Gasteiger charge is -2.36. The van der Waals surface area contributed by atoms with Gasteiger partial charge in [-0.05, 0) is 32.6 Å². The van der Waals surface area contributed by atoms with Crippen LogP contribution in [0.1, 0.15) is 51.9 Å². The highest BCUT2D eigenvalue weighted by molar-refractivity contribution is 5.82. The highest BCUT2D eigenvalue weighted by Gasteiger charge is 2.49. The van der Waals surface area contributed by atoms with Crippen LogP contribution in [0.5, 0.6) is 0 Å². The number of nitrogens with zero attached hydrogens (tertiary/aromatic N) is 1. The normalized spacial score (nSPS) is 30.5. The molecule has 2 rings (SSSR count). The number of hydrogen-bond donors (Lipinski definition) is 0. The summed E-state index contributed by atoms with van der Waals surface area (Å²) in [4.78, 5) is 25.4. The second kappa shape index (κ2) is 6.36. The minimum atomic E-state index is -4.31. The first-order valence-corrected chi connectivity index (χ1v) is 7.67. The van der Waals surface area contributed by atoms with Crippen LogP contribution in [-0.2, 0) is 9.59 Å². The molecule has 2 fully saturated rings. The van der Waals surface area contributed by atoms with E-state index >= 15 is 0 Å². The van der Waals surface area contributed by atoms with Gasteiger partial charge >= 0.3 is 6.18 Å². The van der Waals surface area contributed by atoms with Crippen molar-refractivity contribution in [2.45, 2.75) is 64.1 Å². The summed E-state index contributed by atoms with van der Waals surface area (Å²) in [7, 11) is 0.